The van der Waals surface area contributed by atoms with Crippen LogP contribution in [0.2, 0.25) is 0 Å². The topological polar surface area (TPSA) is 54.0 Å². The Kier molecular flexibility index (Phi) is 2.34. The van der Waals surface area contributed by atoms with Gasteiger partial charge in [0.2, 0.25) is 5.76 Å². The Hall–Kier alpha value is -2.34. The van der Waals surface area contributed by atoms with Crippen molar-refractivity contribution in [2.75, 3.05) is 0 Å². The van der Waals surface area contributed by atoms with Gasteiger partial charge in [0, 0.05) is 6.07 Å². The van der Waals surface area contributed by atoms with Crippen LogP contribution in [0.25, 0.3) is 11.1 Å². The molecule has 2 rings (SSSR count). The first-order chi connectivity index (χ1) is 7.31. The van der Waals surface area contributed by atoms with Gasteiger partial charge >= 0.3 is 0 Å². The standard InChI is InChI=1S/C12H7NO2/c13-7-10-6-12(14)11(8-15-10)9-4-2-1-3-5-9/h1-6,8H. The summed E-state index contributed by atoms with van der Waals surface area (Å²) in [6, 6.07) is 12.2. The minimum Gasteiger partial charge on any atom is -0.453 e. The lowest BCUT2D eigenvalue weighted by molar-refractivity contribution is 0.535. The van der Waals surface area contributed by atoms with Crippen LogP contribution in [-0.4, -0.2) is 0 Å². The van der Waals surface area contributed by atoms with Crippen molar-refractivity contribution in [1.82, 2.24) is 0 Å². The molecule has 3 heteroatoms. The lowest BCUT2D eigenvalue weighted by Crippen LogP contribution is -2.02. The second kappa shape index (κ2) is 3.81. The Balaban J connectivity index is 2.57. The third-order valence-corrected chi connectivity index (χ3v) is 2.03. The Morgan fingerprint density at radius 1 is 1.20 bits per heavy atom. The van der Waals surface area contributed by atoms with E-state index in [9.17, 15) is 4.79 Å². The van der Waals surface area contributed by atoms with E-state index >= 15 is 0 Å². The molecule has 72 valence electrons. The van der Waals surface area contributed by atoms with Gasteiger partial charge in [0.1, 0.15) is 12.3 Å². The molecule has 0 N–H and O–H groups in total. The summed E-state index contributed by atoms with van der Waals surface area (Å²) < 4.78 is 4.98. The lowest BCUT2D eigenvalue weighted by Gasteiger charge is -1.98. The van der Waals surface area contributed by atoms with Crippen molar-refractivity contribution in [3.8, 4) is 17.2 Å². The molecule has 0 spiro atoms. The van der Waals surface area contributed by atoms with Crippen molar-refractivity contribution < 1.29 is 4.42 Å². The molecule has 0 aliphatic rings. The minimum absolute atomic E-state index is 0.0275. The first-order valence-electron chi connectivity index (χ1n) is 4.39. The van der Waals surface area contributed by atoms with E-state index in [0.29, 0.717) is 5.56 Å². The van der Waals surface area contributed by atoms with Crippen LogP contribution >= 0.6 is 0 Å². The smallest absolute Gasteiger partial charge is 0.207 e. The molecule has 0 atom stereocenters. The molecule has 1 aromatic carbocycles. The van der Waals surface area contributed by atoms with Gasteiger partial charge in [0.05, 0.1) is 5.56 Å². The highest BCUT2D eigenvalue weighted by Gasteiger charge is 2.04. The first kappa shape index (κ1) is 9.22. The summed E-state index contributed by atoms with van der Waals surface area (Å²) in [5.41, 5.74) is 1.05. The van der Waals surface area contributed by atoms with Crippen molar-refractivity contribution in [2.45, 2.75) is 0 Å². The maximum Gasteiger partial charge on any atom is 0.207 e. The van der Waals surface area contributed by atoms with Crippen LogP contribution in [0, 0.1) is 11.3 Å². The number of benzene rings is 1. The van der Waals surface area contributed by atoms with E-state index in [0.717, 1.165) is 5.56 Å². The Morgan fingerprint density at radius 3 is 2.53 bits per heavy atom. The van der Waals surface area contributed by atoms with Crippen molar-refractivity contribution in [3.05, 3.63) is 58.6 Å². The molecule has 15 heavy (non-hydrogen) atoms. The third-order valence-electron chi connectivity index (χ3n) is 2.03. The fraction of sp³-hybridized carbons (Fsp3) is 0. The predicted octanol–water partition coefficient (Wildman–Crippen LogP) is 2.18. The summed E-state index contributed by atoms with van der Waals surface area (Å²) in [5, 5.41) is 8.54. The quantitative estimate of drug-likeness (QED) is 0.704. The van der Waals surface area contributed by atoms with Gasteiger partial charge in [-0.3, -0.25) is 4.79 Å². The molecule has 0 saturated heterocycles. The van der Waals surface area contributed by atoms with Crippen LogP contribution in [0.4, 0.5) is 0 Å². The summed E-state index contributed by atoms with van der Waals surface area (Å²) in [4.78, 5) is 11.6. The number of hydrogen-bond donors (Lipinski definition) is 0. The number of nitriles is 1. The summed E-state index contributed by atoms with van der Waals surface area (Å²) in [5.74, 6) is 0.0275. The van der Waals surface area contributed by atoms with Crippen molar-refractivity contribution in [3.63, 3.8) is 0 Å². The third kappa shape index (κ3) is 1.79. The van der Waals surface area contributed by atoms with Crippen LogP contribution in [0.5, 0.6) is 0 Å². The maximum atomic E-state index is 11.6. The maximum absolute atomic E-state index is 11.6. The number of hydrogen-bond acceptors (Lipinski definition) is 3. The van der Waals surface area contributed by atoms with E-state index in [2.05, 4.69) is 0 Å². The fourth-order valence-corrected chi connectivity index (χ4v) is 1.30. The van der Waals surface area contributed by atoms with Gasteiger partial charge in [0.25, 0.3) is 0 Å². The van der Waals surface area contributed by atoms with E-state index < -0.39 is 0 Å². The molecule has 0 fully saturated rings. The van der Waals surface area contributed by atoms with Crippen molar-refractivity contribution in [2.24, 2.45) is 0 Å². The van der Waals surface area contributed by atoms with Gasteiger partial charge in [-0.15, -0.1) is 0 Å². The van der Waals surface area contributed by atoms with Crippen molar-refractivity contribution >= 4 is 0 Å². The second-order valence-electron chi connectivity index (χ2n) is 3.00. The average Bonchev–Trinajstić information content (AvgIpc) is 2.30. The summed E-state index contributed by atoms with van der Waals surface area (Å²) in [6.07, 6.45) is 1.32. The van der Waals surface area contributed by atoms with Gasteiger partial charge in [-0.05, 0) is 5.56 Å². The number of nitrogens with zero attached hydrogens (tertiary/aromatic N) is 1. The zero-order valence-corrected chi connectivity index (χ0v) is 7.81. The largest absolute Gasteiger partial charge is 0.453 e. The van der Waals surface area contributed by atoms with E-state index in [4.69, 9.17) is 9.68 Å². The van der Waals surface area contributed by atoms with Gasteiger partial charge in [0.15, 0.2) is 5.43 Å². The SMILES string of the molecule is N#Cc1cc(=O)c(-c2ccccc2)co1. The molecule has 1 aromatic heterocycles. The van der Waals surface area contributed by atoms with Gasteiger partial charge in [-0.25, -0.2) is 0 Å². The molecule has 0 amide bonds. The van der Waals surface area contributed by atoms with Gasteiger partial charge in [-0.1, -0.05) is 30.3 Å². The van der Waals surface area contributed by atoms with Crippen LogP contribution in [0.15, 0.2) is 51.9 Å². The highest BCUT2D eigenvalue weighted by atomic mass is 16.3. The second-order valence-corrected chi connectivity index (χ2v) is 3.00. The monoisotopic (exact) mass is 197 g/mol. The minimum atomic E-state index is -0.205. The van der Waals surface area contributed by atoms with Gasteiger partial charge < -0.3 is 4.42 Å². The molecule has 0 unspecified atom stereocenters. The summed E-state index contributed by atoms with van der Waals surface area (Å²) in [7, 11) is 0. The zero-order chi connectivity index (χ0) is 10.7. The Bertz CT molecular complexity index is 564. The van der Waals surface area contributed by atoms with E-state index in [1.807, 2.05) is 30.3 Å². The van der Waals surface area contributed by atoms with Gasteiger partial charge in [-0.2, -0.15) is 5.26 Å². The molecule has 0 saturated carbocycles. The Morgan fingerprint density at radius 2 is 1.93 bits per heavy atom. The van der Waals surface area contributed by atoms with Crippen molar-refractivity contribution in [1.29, 1.82) is 5.26 Å². The normalized spacial score (nSPS) is 9.53. The molecule has 0 radical (unpaired) electrons. The molecular weight excluding hydrogens is 190 g/mol. The van der Waals surface area contributed by atoms with E-state index in [1.165, 1.54) is 12.3 Å². The van der Waals surface area contributed by atoms with Crippen LogP contribution in [0.1, 0.15) is 5.76 Å². The zero-order valence-electron chi connectivity index (χ0n) is 7.81. The highest BCUT2D eigenvalue weighted by Crippen LogP contribution is 2.14. The predicted molar refractivity (Wildman–Crippen MR) is 55.1 cm³/mol. The lowest BCUT2D eigenvalue weighted by atomic mass is 10.1. The summed E-state index contributed by atoms with van der Waals surface area (Å²) in [6.45, 7) is 0. The fourth-order valence-electron chi connectivity index (χ4n) is 1.30. The van der Waals surface area contributed by atoms with Crippen LogP contribution < -0.4 is 5.43 Å². The van der Waals surface area contributed by atoms with E-state index in [1.54, 1.807) is 6.07 Å². The van der Waals surface area contributed by atoms with Crippen LogP contribution in [-0.2, 0) is 0 Å². The molecule has 1 heterocycles. The number of rotatable bonds is 1. The average molecular weight is 197 g/mol. The molecular formula is C12H7NO2. The summed E-state index contributed by atoms with van der Waals surface area (Å²) >= 11 is 0. The molecule has 0 bridgehead atoms. The molecule has 2 aromatic rings. The Labute approximate surface area is 86.2 Å². The highest BCUT2D eigenvalue weighted by molar-refractivity contribution is 5.61. The molecule has 0 aliphatic carbocycles. The first-order valence-corrected chi connectivity index (χ1v) is 4.39. The molecule has 0 aliphatic heterocycles. The van der Waals surface area contributed by atoms with E-state index in [-0.39, 0.29) is 11.2 Å². The molecule has 3 nitrogen and oxygen atoms in total. The van der Waals surface area contributed by atoms with Crippen LogP contribution in [0.3, 0.4) is 0 Å².